The number of carbonyl (C=O) groups excluding carboxylic acids is 2. The molecule has 0 radical (unpaired) electrons. The lowest BCUT2D eigenvalue weighted by molar-refractivity contribution is -0.123. The highest BCUT2D eigenvalue weighted by atomic mass is 35.5. The summed E-state index contributed by atoms with van der Waals surface area (Å²) in [6, 6.07) is 7.80. The van der Waals surface area contributed by atoms with Crippen molar-refractivity contribution in [1.29, 1.82) is 0 Å². The van der Waals surface area contributed by atoms with E-state index in [2.05, 4.69) is 15.6 Å². The first-order chi connectivity index (χ1) is 15.4. The number of nitrogens with one attached hydrogen (secondary N) is 2. The number of hydrogen-bond donors (Lipinski definition) is 3. The fraction of sp³-hybridized carbons (Fsp3) is 0.458. The van der Waals surface area contributed by atoms with Crippen LogP contribution < -0.4 is 16.4 Å². The minimum absolute atomic E-state index is 0.0252. The van der Waals surface area contributed by atoms with Crippen molar-refractivity contribution in [2.24, 2.45) is 17.6 Å². The predicted molar refractivity (Wildman–Crippen MR) is 122 cm³/mol. The van der Waals surface area contributed by atoms with Gasteiger partial charge in [-0.3, -0.25) is 14.6 Å². The molecule has 32 heavy (non-hydrogen) atoms. The molecule has 2 aromatic rings. The Hall–Kier alpha value is -2.51. The van der Waals surface area contributed by atoms with Gasteiger partial charge in [0.05, 0.1) is 5.41 Å². The van der Waals surface area contributed by atoms with Gasteiger partial charge in [-0.1, -0.05) is 17.7 Å². The molecule has 1 atom stereocenters. The molecule has 0 spiro atoms. The fourth-order valence-corrected chi connectivity index (χ4v) is 4.82. The third kappa shape index (κ3) is 4.94. The van der Waals surface area contributed by atoms with Crippen LogP contribution in [0.2, 0.25) is 5.02 Å². The number of amides is 2. The van der Waals surface area contributed by atoms with Crippen LogP contribution in [0.5, 0.6) is 0 Å². The van der Waals surface area contributed by atoms with Gasteiger partial charge in [-0.05, 0) is 68.7 Å². The standard InChI is InChI=1S/C24H28ClFN4O2/c25-17-5-6-19(20(26)13-17)24(9-10-24)23(32)29-14-21(27)15-1-3-16(4-2-15)22(31)30-18-7-11-28-12-8-18/h5-8,11-13,15-16,21H,1-4,9-10,14,27H2,(H,29,32)(H,28,30,31). The van der Waals surface area contributed by atoms with Gasteiger partial charge in [-0.25, -0.2) is 4.39 Å². The summed E-state index contributed by atoms with van der Waals surface area (Å²) in [5, 5.41) is 6.19. The van der Waals surface area contributed by atoms with Gasteiger partial charge in [0.1, 0.15) is 5.82 Å². The highest BCUT2D eigenvalue weighted by Crippen LogP contribution is 2.49. The van der Waals surface area contributed by atoms with E-state index < -0.39 is 11.2 Å². The Kier molecular flexibility index (Phi) is 6.76. The van der Waals surface area contributed by atoms with E-state index in [1.54, 1.807) is 36.7 Å². The van der Waals surface area contributed by atoms with Crippen molar-refractivity contribution in [1.82, 2.24) is 10.3 Å². The minimum Gasteiger partial charge on any atom is -0.354 e. The van der Waals surface area contributed by atoms with E-state index in [1.165, 1.54) is 6.07 Å². The first-order valence-electron chi connectivity index (χ1n) is 11.1. The molecule has 2 fully saturated rings. The third-order valence-corrected chi connectivity index (χ3v) is 7.06. The molecule has 6 nitrogen and oxygen atoms in total. The number of rotatable bonds is 7. The Bertz CT molecular complexity index is 975. The number of halogens is 2. The lowest BCUT2D eigenvalue weighted by atomic mass is 9.78. The number of hydrogen-bond acceptors (Lipinski definition) is 4. The average Bonchev–Trinajstić information content (AvgIpc) is 3.60. The number of pyridine rings is 1. The van der Waals surface area contributed by atoms with Gasteiger partial charge in [0, 0.05) is 47.2 Å². The third-order valence-electron chi connectivity index (χ3n) is 6.83. The van der Waals surface area contributed by atoms with Crippen LogP contribution in [0, 0.1) is 17.7 Å². The molecule has 2 aliphatic carbocycles. The number of carbonyl (C=O) groups is 2. The van der Waals surface area contributed by atoms with Crippen LogP contribution in [-0.4, -0.2) is 29.4 Å². The van der Waals surface area contributed by atoms with E-state index in [9.17, 15) is 14.0 Å². The van der Waals surface area contributed by atoms with E-state index in [4.69, 9.17) is 17.3 Å². The maximum atomic E-state index is 14.4. The zero-order valence-corrected chi connectivity index (χ0v) is 18.6. The summed E-state index contributed by atoms with van der Waals surface area (Å²) >= 11 is 5.84. The Balaban J connectivity index is 1.25. The van der Waals surface area contributed by atoms with Gasteiger partial charge in [0.15, 0.2) is 0 Å². The number of aromatic nitrogens is 1. The molecule has 0 bridgehead atoms. The predicted octanol–water partition coefficient (Wildman–Crippen LogP) is 3.79. The molecule has 1 unspecified atom stereocenters. The maximum Gasteiger partial charge on any atom is 0.230 e. The molecule has 8 heteroatoms. The summed E-state index contributed by atoms with van der Waals surface area (Å²) in [6.45, 7) is 0.342. The lowest BCUT2D eigenvalue weighted by Crippen LogP contribution is -2.46. The Morgan fingerprint density at radius 3 is 2.47 bits per heavy atom. The summed E-state index contributed by atoms with van der Waals surface area (Å²) < 4.78 is 14.4. The topological polar surface area (TPSA) is 97.1 Å². The van der Waals surface area contributed by atoms with Gasteiger partial charge in [0.2, 0.25) is 11.8 Å². The first kappa shape index (κ1) is 22.7. The van der Waals surface area contributed by atoms with Crippen molar-refractivity contribution in [3.63, 3.8) is 0 Å². The van der Waals surface area contributed by atoms with Crippen LogP contribution in [0.4, 0.5) is 10.1 Å². The molecule has 2 saturated carbocycles. The van der Waals surface area contributed by atoms with E-state index in [0.717, 1.165) is 31.4 Å². The molecular formula is C24H28ClFN4O2. The molecule has 1 heterocycles. The Labute approximate surface area is 192 Å². The second kappa shape index (κ2) is 9.55. The van der Waals surface area contributed by atoms with Crippen molar-refractivity contribution < 1.29 is 14.0 Å². The molecule has 1 aromatic heterocycles. The summed E-state index contributed by atoms with van der Waals surface area (Å²) in [6.07, 6.45) is 7.73. The van der Waals surface area contributed by atoms with Crippen LogP contribution in [-0.2, 0) is 15.0 Å². The van der Waals surface area contributed by atoms with Crippen LogP contribution in [0.3, 0.4) is 0 Å². The van der Waals surface area contributed by atoms with Crippen LogP contribution >= 0.6 is 11.6 Å². The highest BCUT2D eigenvalue weighted by Gasteiger charge is 2.52. The van der Waals surface area contributed by atoms with Gasteiger partial charge in [-0.15, -0.1) is 0 Å². The second-order valence-corrected chi connectivity index (χ2v) is 9.35. The largest absolute Gasteiger partial charge is 0.354 e. The molecule has 4 N–H and O–H groups in total. The van der Waals surface area contributed by atoms with Gasteiger partial charge in [-0.2, -0.15) is 0 Å². The molecule has 170 valence electrons. The van der Waals surface area contributed by atoms with Gasteiger partial charge < -0.3 is 16.4 Å². The second-order valence-electron chi connectivity index (χ2n) is 8.92. The normalized spacial score (nSPS) is 22.6. The molecule has 0 saturated heterocycles. The van der Waals surface area contributed by atoms with Gasteiger partial charge in [0.25, 0.3) is 0 Å². The molecule has 4 rings (SSSR count). The summed E-state index contributed by atoms with van der Waals surface area (Å²) in [5.74, 6) is -0.402. The summed E-state index contributed by atoms with van der Waals surface area (Å²) in [7, 11) is 0. The van der Waals surface area contributed by atoms with E-state index in [0.29, 0.717) is 30.0 Å². The SMILES string of the molecule is NC(CNC(=O)C1(c2ccc(Cl)cc2F)CC1)C1CCC(C(=O)Nc2ccncc2)CC1. The van der Waals surface area contributed by atoms with Crippen LogP contribution in [0.1, 0.15) is 44.1 Å². The number of benzene rings is 1. The fourth-order valence-electron chi connectivity index (χ4n) is 4.66. The van der Waals surface area contributed by atoms with E-state index >= 15 is 0 Å². The minimum atomic E-state index is -0.808. The van der Waals surface area contributed by atoms with Crippen LogP contribution in [0.25, 0.3) is 0 Å². The lowest BCUT2D eigenvalue weighted by Gasteiger charge is -2.32. The quantitative estimate of drug-likeness (QED) is 0.588. The average molecular weight is 459 g/mol. The van der Waals surface area contributed by atoms with Crippen molar-refractivity contribution in [2.75, 3.05) is 11.9 Å². The molecular weight excluding hydrogens is 431 g/mol. The van der Waals surface area contributed by atoms with Crippen molar-refractivity contribution in [3.05, 3.63) is 59.1 Å². The Morgan fingerprint density at radius 1 is 1.16 bits per heavy atom. The van der Waals surface area contributed by atoms with Gasteiger partial charge >= 0.3 is 0 Å². The summed E-state index contributed by atoms with van der Waals surface area (Å²) in [4.78, 5) is 29.3. The number of nitrogens with zero attached hydrogens (tertiary/aromatic N) is 1. The molecule has 2 amide bonds. The number of nitrogens with two attached hydrogens (primary N) is 1. The Morgan fingerprint density at radius 2 is 1.84 bits per heavy atom. The van der Waals surface area contributed by atoms with E-state index in [1.807, 2.05) is 0 Å². The first-order valence-corrected chi connectivity index (χ1v) is 11.5. The molecule has 2 aliphatic rings. The monoisotopic (exact) mass is 458 g/mol. The van der Waals surface area contributed by atoms with E-state index in [-0.39, 0.29) is 29.7 Å². The zero-order valence-electron chi connectivity index (χ0n) is 17.8. The zero-order chi connectivity index (χ0) is 22.7. The number of anilines is 1. The maximum absolute atomic E-state index is 14.4. The van der Waals surface area contributed by atoms with Crippen molar-refractivity contribution in [3.8, 4) is 0 Å². The summed E-state index contributed by atoms with van der Waals surface area (Å²) in [5.41, 5.74) is 6.72. The highest BCUT2D eigenvalue weighted by molar-refractivity contribution is 6.30. The smallest absolute Gasteiger partial charge is 0.230 e. The van der Waals surface area contributed by atoms with Crippen molar-refractivity contribution in [2.45, 2.75) is 50.0 Å². The molecule has 1 aromatic carbocycles. The molecule has 0 aliphatic heterocycles. The van der Waals surface area contributed by atoms with Crippen molar-refractivity contribution >= 4 is 29.1 Å². The van der Waals surface area contributed by atoms with Crippen LogP contribution in [0.15, 0.2) is 42.7 Å².